The van der Waals surface area contributed by atoms with E-state index in [0.29, 0.717) is 36.1 Å². The van der Waals surface area contributed by atoms with Crippen LogP contribution in [0.15, 0.2) is 58.5 Å². The fourth-order valence-corrected chi connectivity index (χ4v) is 1.92. The minimum Gasteiger partial charge on any atom is -0.399 e. The third-order valence-electron chi connectivity index (χ3n) is 3.03. The number of rotatable bonds is 5. The summed E-state index contributed by atoms with van der Waals surface area (Å²) in [5, 5.41) is 0. The van der Waals surface area contributed by atoms with Gasteiger partial charge in [-0.25, -0.2) is 0 Å². The molecular weight excluding hydrogens is 347 g/mol. The van der Waals surface area contributed by atoms with Crippen LogP contribution in [0.1, 0.15) is 11.1 Å². The molecule has 0 amide bonds. The second kappa shape index (κ2) is 10.4. The topological polar surface area (TPSA) is 129 Å². The van der Waals surface area contributed by atoms with Gasteiger partial charge in [-0.3, -0.25) is 9.98 Å². The van der Waals surface area contributed by atoms with Crippen LogP contribution in [0.2, 0.25) is 0 Å². The molecule has 0 atom stereocenters. The Bertz CT molecular complexity index is 654. The van der Waals surface area contributed by atoms with Crippen molar-refractivity contribution in [2.75, 3.05) is 24.6 Å². The number of nitrogen functional groups attached to an aromatic ring is 2. The second-order valence-corrected chi connectivity index (χ2v) is 4.78. The molecule has 0 bridgehead atoms. The number of hydrogen-bond acceptors (Lipinski definition) is 4. The molecule has 2 rings (SSSR count). The zero-order valence-electron chi connectivity index (χ0n) is 13.1. The van der Waals surface area contributed by atoms with Crippen LogP contribution in [0.3, 0.4) is 0 Å². The molecule has 0 aliphatic carbocycles. The van der Waals surface area contributed by atoms with Crippen molar-refractivity contribution < 1.29 is 0 Å². The lowest BCUT2D eigenvalue weighted by atomic mass is 10.2. The van der Waals surface area contributed by atoms with E-state index in [0.717, 1.165) is 11.1 Å². The van der Waals surface area contributed by atoms with Gasteiger partial charge in [0.05, 0.1) is 13.1 Å². The summed E-state index contributed by atoms with van der Waals surface area (Å²) in [4.78, 5) is 8.54. The van der Waals surface area contributed by atoms with Crippen molar-refractivity contribution in [2.24, 2.45) is 21.5 Å². The Morgan fingerprint density at radius 3 is 1.42 bits per heavy atom. The molecule has 2 aromatic carbocycles. The van der Waals surface area contributed by atoms with Crippen molar-refractivity contribution in [3.63, 3.8) is 0 Å². The third kappa shape index (κ3) is 6.36. The van der Waals surface area contributed by atoms with E-state index in [9.17, 15) is 0 Å². The third-order valence-corrected chi connectivity index (χ3v) is 3.03. The standard InChI is InChI=1S/C16H20N6.2ClH/c17-13-5-1-3-11(9-13)15(19)21-7-8-22-16(20)12-4-2-6-14(18)10-12;;/h1-6,9-10H,7-8,17-18H2,(H2,19,21)(H2,20,22);2*1H. The molecule has 24 heavy (non-hydrogen) atoms. The van der Waals surface area contributed by atoms with E-state index in [1.807, 2.05) is 24.3 Å². The molecule has 0 spiro atoms. The number of anilines is 2. The Kier molecular flexibility index (Phi) is 9.30. The van der Waals surface area contributed by atoms with Crippen molar-refractivity contribution in [2.45, 2.75) is 0 Å². The first-order valence-electron chi connectivity index (χ1n) is 6.88. The minimum atomic E-state index is 0. The summed E-state index contributed by atoms with van der Waals surface area (Å²) in [6, 6.07) is 14.6. The molecule has 2 aromatic rings. The molecule has 8 heteroatoms. The molecule has 0 unspecified atom stereocenters. The Morgan fingerprint density at radius 2 is 1.08 bits per heavy atom. The van der Waals surface area contributed by atoms with E-state index in [1.54, 1.807) is 24.3 Å². The predicted molar refractivity (Wildman–Crippen MR) is 107 cm³/mol. The number of nitrogens with two attached hydrogens (primary N) is 4. The summed E-state index contributed by atoms with van der Waals surface area (Å²) >= 11 is 0. The van der Waals surface area contributed by atoms with E-state index in [1.165, 1.54) is 0 Å². The highest BCUT2D eigenvalue weighted by Gasteiger charge is 1.99. The van der Waals surface area contributed by atoms with E-state index in [4.69, 9.17) is 22.9 Å². The van der Waals surface area contributed by atoms with Gasteiger partial charge in [0.25, 0.3) is 0 Å². The average molecular weight is 369 g/mol. The van der Waals surface area contributed by atoms with Crippen LogP contribution in [0.25, 0.3) is 0 Å². The van der Waals surface area contributed by atoms with Gasteiger partial charge in [-0.15, -0.1) is 24.8 Å². The fraction of sp³-hybridized carbons (Fsp3) is 0.125. The summed E-state index contributed by atoms with van der Waals surface area (Å²) in [7, 11) is 0. The Labute approximate surface area is 153 Å². The molecule has 130 valence electrons. The molecule has 0 aliphatic rings. The molecule has 8 N–H and O–H groups in total. The van der Waals surface area contributed by atoms with Crippen LogP contribution in [0.4, 0.5) is 11.4 Å². The van der Waals surface area contributed by atoms with Gasteiger partial charge in [-0.05, 0) is 24.3 Å². The molecule has 0 aliphatic heterocycles. The molecule has 0 aromatic heterocycles. The Morgan fingerprint density at radius 1 is 0.708 bits per heavy atom. The number of nitrogens with zero attached hydrogens (tertiary/aromatic N) is 2. The van der Waals surface area contributed by atoms with Crippen LogP contribution in [-0.2, 0) is 0 Å². The SMILES string of the molecule is Cl.Cl.NC(=NCCN=C(N)c1cccc(N)c1)c1cccc(N)c1. The van der Waals surface area contributed by atoms with Crippen molar-refractivity contribution in [1.82, 2.24) is 0 Å². The molecule has 0 saturated heterocycles. The zero-order valence-corrected chi connectivity index (χ0v) is 14.7. The Balaban J connectivity index is 0.00000264. The minimum absolute atomic E-state index is 0. The van der Waals surface area contributed by atoms with Crippen LogP contribution in [0.5, 0.6) is 0 Å². The summed E-state index contributed by atoms with van der Waals surface area (Å²) in [6.45, 7) is 0.896. The molecule has 6 nitrogen and oxygen atoms in total. The van der Waals surface area contributed by atoms with Gasteiger partial charge in [0, 0.05) is 22.5 Å². The van der Waals surface area contributed by atoms with Gasteiger partial charge < -0.3 is 22.9 Å². The monoisotopic (exact) mass is 368 g/mol. The second-order valence-electron chi connectivity index (χ2n) is 4.78. The van der Waals surface area contributed by atoms with Crippen molar-refractivity contribution in [1.29, 1.82) is 0 Å². The van der Waals surface area contributed by atoms with Crippen molar-refractivity contribution in [3.05, 3.63) is 59.7 Å². The lowest BCUT2D eigenvalue weighted by molar-refractivity contribution is 0.970. The summed E-state index contributed by atoms with van der Waals surface area (Å²) in [5.41, 5.74) is 26.1. The maximum Gasteiger partial charge on any atom is 0.125 e. The van der Waals surface area contributed by atoms with E-state index < -0.39 is 0 Å². The first kappa shape index (κ1) is 21.6. The van der Waals surface area contributed by atoms with Crippen LogP contribution in [-0.4, -0.2) is 24.8 Å². The van der Waals surface area contributed by atoms with E-state index in [2.05, 4.69) is 9.98 Å². The lowest BCUT2D eigenvalue weighted by Gasteiger charge is -2.03. The van der Waals surface area contributed by atoms with Crippen LogP contribution in [0, 0.1) is 0 Å². The predicted octanol–water partition coefficient (Wildman–Crippen LogP) is 1.81. The van der Waals surface area contributed by atoms with Crippen LogP contribution >= 0.6 is 24.8 Å². The highest BCUT2D eigenvalue weighted by Crippen LogP contribution is 2.07. The highest BCUT2D eigenvalue weighted by molar-refractivity contribution is 5.99. The molecule has 0 heterocycles. The lowest BCUT2D eigenvalue weighted by Crippen LogP contribution is -2.16. The van der Waals surface area contributed by atoms with Gasteiger partial charge in [-0.2, -0.15) is 0 Å². The average Bonchev–Trinajstić information content (AvgIpc) is 2.51. The number of halogens is 2. The normalized spacial score (nSPS) is 11.3. The quantitative estimate of drug-likeness (QED) is 0.277. The molecule has 0 fully saturated rings. The maximum absolute atomic E-state index is 5.91. The number of aliphatic imine (C=N–C) groups is 2. The fourth-order valence-electron chi connectivity index (χ4n) is 1.92. The first-order chi connectivity index (χ1) is 10.6. The largest absolute Gasteiger partial charge is 0.399 e. The van der Waals surface area contributed by atoms with Gasteiger partial charge in [0.15, 0.2) is 0 Å². The molecule has 0 radical (unpaired) electrons. The zero-order chi connectivity index (χ0) is 15.9. The van der Waals surface area contributed by atoms with Crippen molar-refractivity contribution >= 4 is 47.9 Å². The summed E-state index contributed by atoms with van der Waals surface area (Å²) in [6.07, 6.45) is 0. The van der Waals surface area contributed by atoms with Crippen molar-refractivity contribution in [3.8, 4) is 0 Å². The molecular formula is C16H22Cl2N6. The molecule has 0 saturated carbocycles. The smallest absolute Gasteiger partial charge is 0.125 e. The van der Waals surface area contributed by atoms with Gasteiger partial charge in [0.1, 0.15) is 11.7 Å². The van der Waals surface area contributed by atoms with E-state index >= 15 is 0 Å². The first-order valence-corrected chi connectivity index (χ1v) is 6.88. The Hall–Kier alpha value is -2.44. The number of hydrogen-bond donors (Lipinski definition) is 4. The van der Waals surface area contributed by atoms with E-state index in [-0.39, 0.29) is 24.8 Å². The number of amidine groups is 2. The highest BCUT2D eigenvalue weighted by atomic mass is 35.5. The summed E-state index contributed by atoms with van der Waals surface area (Å²) < 4.78 is 0. The van der Waals surface area contributed by atoms with Crippen LogP contribution < -0.4 is 22.9 Å². The van der Waals surface area contributed by atoms with Gasteiger partial charge in [0.2, 0.25) is 0 Å². The summed E-state index contributed by atoms with van der Waals surface area (Å²) in [5.74, 6) is 0.870. The number of benzene rings is 2. The maximum atomic E-state index is 5.91. The van der Waals surface area contributed by atoms with Gasteiger partial charge >= 0.3 is 0 Å². The van der Waals surface area contributed by atoms with Gasteiger partial charge in [-0.1, -0.05) is 24.3 Å².